The number of aromatic amines is 1. The van der Waals surface area contributed by atoms with Crippen molar-refractivity contribution in [2.24, 2.45) is 0 Å². The fraction of sp³-hybridized carbons (Fsp3) is 0.231. The standard InChI is InChI=1S/C13H13NO4.2K/c1-2-7(12(15)16)10-8-5-3-4-6-9(8)14-11(10)13(17)18;;/h3-7,14H,2H2,1H3,(H,15,16)(H,17,18);;/q;2*+1/p-2. The van der Waals surface area contributed by atoms with Crippen LogP contribution in [0.1, 0.15) is 35.3 Å². The molecule has 7 heteroatoms. The van der Waals surface area contributed by atoms with Crippen molar-refractivity contribution in [3.8, 4) is 0 Å². The summed E-state index contributed by atoms with van der Waals surface area (Å²) >= 11 is 0. The summed E-state index contributed by atoms with van der Waals surface area (Å²) in [5.41, 5.74) is 0.617. The van der Waals surface area contributed by atoms with Gasteiger partial charge in [0.15, 0.2) is 0 Å². The van der Waals surface area contributed by atoms with Crippen LogP contribution in [0.3, 0.4) is 0 Å². The minimum atomic E-state index is -1.42. The largest absolute Gasteiger partial charge is 1.00 e. The number of nitrogens with one attached hydrogen (secondary N) is 1. The molecule has 0 amide bonds. The average Bonchev–Trinajstić information content (AvgIpc) is 2.70. The van der Waals surface area contributed by atoms with E-state index in [9.17, 15) is 19.8 Å². The fourth-order valence-corrected chi connectivity index (χ4v) is 2.18. The molecule has 0 spiro atoms. The zero-order valence-corrected chi connectivity index (χ0v) is 18.0. The molecule has 1 N–H and O–H groups in total. The van der Waals surface area contributed by atoms with E-state index < -0.39 is 17.9 Å². The number of rotatable bonds is 4. The number of benzene rings is 1. The molecule has 1 aromatic carbocycles. The first-order valence-electron chi connectivity index (χ1n) is 5.59. The maximum Gasteiger partial charge on any atom is 1.00 e. The predicted octanol–water partition coefficient (Wildman–Crippen LogP) is -6.22. The van der Waals surface area contributed by atoms with Gasteiger partial charge in [-0.3, -0.25) is 0 Å². The van der Waals surface area contributed by atoms with E-state index in [0.717, 1.165) is 0 Å². The Hall–Kier alpha value is 0.973. The Kier molecular flexibility index (Phi) is 9.64. The Morgan fingerprint density at radius 1 is 1.20 bits per heavy atom. The molecule has 0 radical (unpaired) electrons. The zero-order valence-electron chi connectivity index (χ0n) is 11.7. The summed E-state index contributed by atoms with van der Waals surface area (Å²) in [5, 5.41) is 22.8. The minimum Gasteiger partial charge on any atom is -0.549 e. The molecule has 0 saturated carbocycles. The number of para-hydroxylation sites is 1. The summed E-state index contributed by atoms with van der Waals surface area (Å²) in [6.07, 6.45) is 0.254. The smallest absolute Gasteiger partial charge is 0.549 e. The van der Waals surface area contributed by atoms with Crippen molar-refractivity contribution >= 4 is 22.8 Å². The molecule has 1 aromatic heterocycles. The molecule has 1 atom stereocenters. The van der Waals surface area contributed by atoms with Gasteiger partial charge in [-0.2, -0.15) is 0 Å². The van der Waals surface area contributed by atoms with Gasteiger partial charge in [-0.05, 0) is 18.1 Å². The third kappa shape index (κ3) is 4.25. The van der Waals surface area contributed by atoms with Gasteiger partial charge in [0, 0.05) is 22.8 Å². The monoisotopic (exact) mass is 323 g/mol. The molecule has 0 bridgehead atoms. The van der Waals surface area contributed by atoms with E-state index in [4.69, 9.17) is 0 Å². The number of aromatic nitrogens is 1. The number of hydrogen-bond donors (Lipinski definition) is 1. The molecular formula is C13H11K2NO4. The molecule has 0 aliphatic heterocycles. The van der Waals surface area contributed by atoms with E-state index in [-0.39, 0.29) is 120 Å². The summed E-state index contributed by atoms with van der Waals surface area (Å²) < 4.78 is 0. The molecule has 1 heterocycles. The van der Waals surface area contributed by atoms with Crippen LogP contribution in [0.15, 0.2) is 24.3 Å². The van der Waals surface area contributed by atoms with Crippen molar-refractivity contribution in [2.75, 3.05) is 0 Å². The Morgan fingerprint density at radius 3 is 2.30 bits per heavy atom. The summed E-state index contributed by atoms with van der Waals surface area (Å²) in [6, 6.07) is 6.83. The van der Waals surface area contributed by atoms with Crippen LogP contribution in [0.4, 0.5) is 0 Å². The van der Waals surface area contributed by atoms with Crippen LogP contribution in [-0.4, -0.2) is 16.9 Å². The van der Waals surface area contributed by atoms with Crippen molar-refractivity contribution in [1.29, 1.82) is 0 Å². The average molecular weight is 323 g/mol. The first-order chi connectivity index (χ1) is 8.56. The number of carbonyl (C=O) groups is 2. The third-order valence-corrected chi connectivity index (χ3v) is 2.99. The first kappa shape index (κ1) is 21.0. The second-order valence-corrected chi connectivity index (χ2v) is 4.03. The molecule has 0 aliphatic carbocycles. The van der Waals surface area contributed by atoms with Crippen molar-refractivity contribution < 1.29 is 123 Å². The molecule has 2 aromatic rings. The zero-order chi connectivity index (χ0) is 13.3. The molecule has 0 fully saturated rings. The Balaban J connectivity index is 0.00000180. The van der Waals surface area contributed by atoms with Crippen molar-refractivity contribution in [3.05, 3.63) is 35.5 Å². The van der Waals surface area contributed by atoms with Gasteiger partial charge in [0.25, 0.3) is 0 Å². The van der Waals surface area contributed by atoms with E-state index >= 15 is 0 Å². The second kappa shape index (κ2) is 9.19. The van der Waals surface area contributed by atoms with Crippen LogP contribution in [0.5, 0.6) is 0 Å². The van der Waals surface area contributed by atoms with E-state index in [1.165, 1.54) is 0 Å². The predicted molar refractivity (Wildman–Crippen MR) is 60.7 cm³/mol. The summed E-state index contributed by atoms with van der Waals surface area (Å²) in [4.78, 5) is 24.9. The third-order valence-electron chi connectivity index (χ3n) is 2.99. The topological polar surface area (TPSA) is 96.0 Å². The quantitative estimate of drug-likeness (QED) is 0.566. The summed E-state index contributed by atoms with van der Waals surface area (Å²) in [7, 11) is 0. The fourth-order valence-electron chi connectivity index (χ4n) is 2.18. The van der Waals surface area contributed by atoms with E-state index in [2.05, 4.69) is 4.98 Å². The summed E-state index contributed by atoms with van der Waals surface area (Å²) in [5.74, 6) is -3.67. The van der Waals surface area contributed by atoms with E-state index in [1.807, 2.05) is 0 Å². The van der Waals surface area contributed by atoms with Gasteiger partial charge in [-0.15, -0.1) is 0 Å². The normalized spacial score (nSPS) is 11.2. The molecule has 20 heavy (non-hydrogen) atoms. The van der Waals surface area contributed by atoms with Gasteiger partial charge in [-0.25, -0.2) is 0 Å². The van der Waals surface area contributed by atoms with Crippen LogP contribution >= 0.6 is 0 Å². The van der Waals surface area contributed by atoms with E-state index in [1.54, 1.807) is 31.2 Å². The van der Waals surface area contributed by atoms with Crippen LogP contribution in [0, 0.1) is 0 Å². The van der Waals surface area contributed by atoms with Gasteiger partial charge in [0.05, 0.1) is 11.7 Å². The van der Waals surface area contributed by atoms with Crippen LogP contribution in [0.2, 0.25) is 0 Å². The maximum absolute atomic E-state index is 11.1. The van der Waals surface area contributed by atoms with Crippen LogP contribution in [-0.2, 0) is 4.79 Å². The van der Waals surface area contributed by atoms with Crippen LogP contribution in [0.25, 0.3) is 10.9 Å². The van der Waals surface area contributed by atoms with E-state index in [0.29, 0.717) is 10.9 Å². The molecular weight excluding hydrogens is 312 g/mol. The van der Waals surface area contributed by atoms with Gasteiger partial charge in [-0.1, -0.05) is 25.1 Å². The van der Waals surface area contributed by atoms with Crippen molar-refractivity contribution in [3.63, 3.8) is 0 Å². The second-order valence-electron chi connectivity index (χ2n) is 4.03. The van der Waals surface area contributed by atoms with Gasteiger partial charge in [0.1, 0.15) is 0 Å². The van der Waals surface area contributed by atoms with Crippen molar-refractivity contribution in [2.45, 2.75) is 19.3 Å². The molecule has 0 aliphatic rings. The number of H-pyrrole nitrogens is 1. The number of aromatic carboxylic acids is 1. The number of aliphatic carboxylic acids is 1. The molecule has 1 unspecified atom stereocenters. The number of fused-ring (bicyclic) bond motifs is 1. The van der Waals surface area contributed by atoms with Crippen LogP contribution < -0.4 is 113 Å². The summed E-state index contributed by atoms with van der Waals surface area (Å²) in [6.45, 7) is 1.67. The molecule has 0 saturated heterocycles. The minimum absolute atomic E-state index is 0. The Morgan fingerprint density at radius 2 is 1.80 bits per heavy atom. The number of carboxylic acid groups (broad SMARTS) is 2. The van der Waals surface area contributed by atoms with Crippen molar-refractivity contribution in [1.82, 2.24) is 4.98 Å². The first-order valence-corrected chi connectivity index (χ1v) is 5.59. The van der Waals surface area contributed by atoms with Gasteiger partial charge in [0.2, 0.25) is 0 Å². The number of hydrogen-bond acceptors (Lipinski definition) is 4. The van der Waals surface area contributed by atoms with Gasteiger partial charge < -0.3 is 24.8 Å². The van der Waals surface area contributed by atoms with Gasteiger partial charge >= 0.3 is 103 Å². The molecule has 94 valence electrons. The maximum atomic E-state index is 11.1. The number of carboxylic acids is 2. The Bertz CT molecular complexity index is 624. The molecule has 5 nitrogen and oxygen atoms in total. The Labute approximate surface area is 201 Å². The molecule has 2 rings (SSSR count). The SMILES string of the molecule is CCC(C(=O)[O-])c1c(C(=O)[O-])[nH]c2ccccc12.[K+].[K+]. The number of carbonyl (C=O) groups excluding carboxylic acids is 2.